The highest BCUT2D eigenvalue weighted by atomic mass is 16.5. The van der Waals surface area contributed by atoms with Crippen molar-refractivity contribution in [3.8, 4) is 0 Å². The van der Waals surface area contributed by atoms with Gasteiger partial charge in [-0.15, -0.1) is 0 Å². The molecule has 16 heavy (non-hydrogen) atoms. The molecule has 0 bridgehead atoms. The van der Waals surface area contributed by atoms with E-state index >= 15 is 0 Å². The van der Waals surface area contributed by atoms with Crippen molar-refractivity contribution < 1.29 is 4.74 Å². The fraction of sp³-hybridized carbons (Fsp3) is 0.692. The van der Waals surface area contributed by atoms with E-state index in [-0.39, 0.29) is 6.04 Å². The molecule has 0 saturated heterocycles. The Kier molecular flexibility index (Phi) is 3.66. The predicted molar refractivity (Wildman–Crippen MR) is 65.5 cm³/mol. The van der Waals surface area contributed by atoms with E-state index in [1.54, 1.807) is 0 Å². The first kappa shape index (κ1) is 11.7. The standard InChI is InChI=1S/C13H22N2O/c1-3-16-8-7-15-10(2)9-11-12(14)5-4-6-13(11)15/h9,12H,3-8,14H2,1-2H3. The molecule has 1 atom stereocenters. The molecule has 0 spiro atoms. The Morgan fingerprint density at radius 2 is 2.38 bits per heavy atom. The maximum absolute atomic E-state index is 6.14. The van der Waals surface area contributed by atoms with Crippen LogP contribution in [0.25, 0.3) is 0 Å². The SMILES string of the molecule is CCOCCn1c(C)cc2c1CCCC2N. The van der Waals surface area contributed by atoms with E-state index < -0.39 is 0 Å². The highest BCUT2D eigenvalue weighted by molar-refractivity contribution is 5.32. The number of hydrogen-bond donors (Lipinski definition) is 1. The van der Waals surface area contributed by atoms with Crippen LogP contribution in [-0.4, -0.2) is 17.8 Å². The molecule has 1 heterocycles. The van der Waals surface area contributed by atoms with Crippen molar-refractivity contribution in [3.63, 3.8) is 0 Å². The number of aryl methyl sites for hydroxylation is 1. The molecule has 2 N–H and O–H groups in total. The zero-order valence-corrected chi connectivity index (χ0v) is 10.3. The Hall–Kier alpha value is -0.800. The molecule has 2 rings (SSSR count). The number of hydrogen-bond acceptors (Lipinski definition) is 2. The molecule has 90 valence electrons. The monoisotopic (exact) mass is 222 g/mol. The topological polar surface area (TPSA) is 40.2 Å². The van der Waals surface area contributed by atoms with E-state index in [1.807, 2.05) is 6.92 Å². The van der Waals surface area contributed by atoms with Crippen LogP contribution in [0.1, 0.15) is 42.8 Å². The first-order valence-corrected chi connectivity index (χ1v) is 6.26. The summed E-state index contributed by atoms with van der Waals surface area (Å²) in [5, 5.41) is 0. The number of aromatic nitrogens is 1. The molecule has 3 heteroatoms. The molecule has 0 aromatic carbocycles. The first-order valence-electron chi connectivity index (χ1n) is 6.26. The zero-order valence-electron chi connectivity index (χ0n) is 10.3. The third-order valence-corrected chi connectivity index (χ3v) is 3.44. The molecule has 0 fully saturated rings. The summed E-state index contributed by atoms with van der Waals surface area (Å²) in [5.74, 6) is 0. The summed E-state index contributed by atoms with van der Waals surface area (Å²) in [5.41, 5.74) is 10.3. The molecule has 0 aliphatic heterocycles. The van der Waals surface area contributed by atoms with Gasteiger partial charge >= 0.3 is 0 Å². The lowest BCUT2D eigenvalue weighted by atomic mass is 9.93. The summed E-state index contributed by atoms with van der Waals surface area (Å²) in [6.07, 6.45) is 3.51. The fourth-order valence-corrected chi connectivity index (χ4v) is 2.61. The minimum Gasteiger partial charge on any atom is -0.380 e. The third kappa shape index (κ3) is 2.15. The van der Waals surface area contributed by atoms with Gasteiger partial charge in [-0.05, 0) is 44.7 Å². The maximum atomic E-state index is 6.14. The van der Waals surface area contributed by atoms with E-state index in [1.165, 1.54) is 29.8 Å². The van der Waals surface area contributed by atoms with E-state index in [0.29, 0.717) is 0 Å². The largest absolute Gasteiger partial charge is 0.380 e. The van der Waals surface area contributed by atoms with Crippen LogP contribution in [0, 0.1) is 6.92 Å². The van der Waals surface area contributed by atoms with Gasteiger partial charge in [0, 0.05) is 30.6 Å². The molecule has 1 aromatic rings. The van der Waals surface area contributed by atoms with Crippen molar-refractivity contribution in [2.75, 3.05) is 13.2 Å². The lowest BCUT2D eigenvalue weighted by Gasteiger charge is -2.21. The van der Waals surface area contributed by atoms with Gasteiger partial charge in [0.25, 0.3) is 0 Å². The van der Waals surface area contributed by atoms with Crippen LogP contribution in [-0.2, 0) is 17.7 Å². The van der Waals surface area contributed by atoms with Gasteiger partial charge in [0.1, 0.15) is 0 Å². The van der Waals surface area contributed by atoms with Crippen LogP contribution in [0.2, 0.25) is 0 Å². The summed E-state index contributed by atoms with van der Waals surface area (Å²) < 4.78 is 7.81. The highest BCUT2D eigenvalue weighted by Crippen LogP contribution is 2.30. The van der Waals surface area contributed by atoms with Gasteiger partial charge in [0.2, 0.25) is 0 Å². The van der Waals surface area contributed by atoms with Crippen molar-refractivity contribution in [1.82, 2.24) is 4.57 Å². The van der Waals surface area contributed by atoms with Crippen molar-refractivity contribution in [2.24, 2.45) is 5.73 Å². The van der Waals surface area contributed by atoms with Gasteiger partial charge in [-0.3, -0.25) is 0 Å². The smallest absolute Gasteiger partial charge is 0.0645 e. The van der Waals surface area contributed by atoms with E-state index in [0.717, 1.165) is 26.2 Å². The Balaban J connectivity index is 2.17. The quantitative estimate of drug-likeness (QED) is 0.793. The van der Waals surface area contributed by atoms with Crippen molar-refractivity contribution in [2.45, 2.75) is 45.7 Å². The van der Waals surface area contributed by atoms with Crippen LogP contribution in [0.5, 0.6) is 0 Å². The van der Waals surface area contributed by atoms with Gasteiger partial charge < -0.3 is 15.0 Å². The highest BCUT2D eigenvalue weighted by Gasteiger charge is 2.21. The zero-order chi connectivity index (χ0) is 11.5. The van der Waals surface area contributed by atoms with Crippen LogP contribution < -0.4 is 5.73 Å². The minimum atomic E-state index is 0.246. The van der Waals surface area contributed by atoms with Crippen molar-refractivity contribution >= 4 is 0 Å². The average Bonchev–Trinajstić information content (AvgIpc) is 2.58. The molecule has 1 aromatic heterocycles. The van der Waals surface area contributed by atoms with Crippen LogP contribution in [0.15, 0.2) is 6.07 Å². The lowest BCUT2D eigenvalue weighted by Crippen LogP contribution is -2.19. The summed E-state index contributed by atoms with van der Waals surface area (Å²) in [7, 11) is 0. The Morgan fingerprint density at radius 3 is 3.12 bits per heavy atom. The molecule has 0 saturated carbocycles. The minimum absolute atomic E-state index is 0.246. The molecular weight excluding hydrogens is 200 g/mol. The van der Waals surface area contributed by atoms with Crippen molar-refractivity contribution in [1.29, 1.82) is 0 Å². The van der Waals surface area contributed by atoms with Crippen molar-refractivity contribution in [3.05, 3.63) is 23.0 Å². The normalized spacial score (nSPS) is 19.8. The van der Waals surface area contributed by atoms with Gasteiger partial charge in [-0.25, -0.2) is 0 Å². The molecule has 1 unspecified atom stereocenters. The molecular formula is C13H22N2O. The van der Waals surface area contributed by atoms with E-state index in [9.17, 15) is 0 Å². The third-order valence-electron chi connectivity index (χ3n) is 3.44. The summed E-state index contributed by atoms with van der Waals surface area (Å²) in [4.78, 5) is 0. The summed E-state index contributed by atoms with van der Waals surface area (Å²) in [6.45, 7) is 6.75. The molecule has 1 aliphatic carbocycles. The number of ether oxygens (including phenoxy) is 1. The first-order chi connectivity index (χ1) is 7.74. The van der Waals surface area contributed by atoms with Gasteiger partial charge in [0.15, 0.2) is 0 Å². The Labute approximate surface area is 97.6 Å². The number of rotatable bonds is 4. The maximum Gasteiger partial charge on any atom is 0.0645 e. The second-order valence-corrected chi connectivity index (χ2v) is 4.54. The Bertz CT molecular complexity index is 357. The lowest BCUT2D eigenvalue weighted by molar-refractivity contribution is 0.138. The van der Waals surface area contributed by atoms with E-state index in [4.69, 9.17) is 10.5 Å². The predicted octanol–water partition coefficient (Wildman–Crippen LogP) is 2.17. The number of nitrogens with two attached hydrogens (primary N) is 1. The molecule has 1 aliphatic rings. The van der Waals surface area contributed by atoms with E-state index in [2.05, 4.69) is 17.6 Å². The second-order valence-electron chi connectivity index (χ2n) is 4.54. The molecule has 0 radical (unpaired) electrons. The van der Waals surface area contributed by atoms with Crippen LogP contribution in [0.4, 0.5) is 0 Å². The number of nitrogens with zero attached hydrogens (tertiary/aromatic N) is 1. The molecule has 0 amide bonds. The number of fused-ring (bicyclic) bond motifs is 1. The van der Waals surface area contributed by atoms with Gasteiger partial charge in [-0.2, -0.15) is 0 Å². The fourth-order valence-electron chi connectivity index (χ4n) is 2.61. The summed E-state index contributed by atoms with van der Waals surface area (Å²) >= 11 is 0. The van der Waals surface area contributed by atoms with Crippen LogP contribution >= 0.6 is 0 Å². The molecule has 3 nitrogen and oxygen atoms in total. The van der Waals surface area contributed by atoms with Gasteiger partial charge in [-0.1, -0.05) is 0 Å². The summed E-state index contributed by atoms with van der Waals surface area (Å²) in [6, 6.07) is 2.50. The van der Waals surface area contributed by atoms with Gasteiger partial charge in [0.05, 0.1) is 6.61 Å². The second kappa shape index (κ2) is 5.02. The average molecular weight is 222 g/mol. The van der Waals surface area contributed by atoms with Crippen LogP contribution in [0.3, 0.4) is 0 Å². The Morgan fingerprint density at radius 1 is 1.56 bits per heavy atom.